The number of imide groups is 1. The van der Waals surface area contributed by atoms with Gasteiger partial charge in [-0.1, -0.05) is 42.5 Å². The summed E-state index contributed by atoms with van der Waals surface area (Å²) in [5, 5.41) is 2.65. The third-order valence-electron chi connectivity index (χ3n) is 6.32. The fourth-order valence-corrected chi connectivity index (χ4v) is 4.39. The first-order valence-corrected chi connectivity index (χ1v) is 10.6. The van der Waals surface area contributed by atoms with Crippen molar-refractivity contribution in [3.8, 4) is 0 Å². The molecule has 6 nitrogen and oxygen atoms in total. The summed E-state index contributed by atoms with van der Waals surface area (Å²) < 4.78 is 13.2. The quantitative estimate of drug-likeness (QED) is 0.752. The molecule has 2 saturated heterocycles. The summed E-state index contributed by atoms with van der Waals surface area (Å²) in [6, 6.07) is 15.1. The molecule has 0 aliphatic carbocycles. The molecule has 2 heterocycles. The first kappa shape index (κ1) is 21.0. The first-order valence-electron chi connectivity index (χ1n) is 10.6. The predicted molar refractivity (Wildman–Crippen MR) is 113 cm³/mol. The van der Waals surface area contributed by atoms with Crippen molar-refractivity contribution in [2.45, 2.75) is 31.7 Å². The van der Waals surface area contributed by atoms with Crippen LogP contribution in [0.4, 0.5) is 9.18 Å². The lowest BCUT2D eigenvalue weighted by molar-refractivity contribution is -0.139. The Kier molecular flexibility index (Phi) is 5.76. The lowest BCUT2D eigenvalue weighted by Gasteiger charge is -2.33. The van der Waals surface area contributed by atoms with Crippen molar-refractivity contribution in [3.05, 3.63) is 71.5 Å². The molecule has 0 spiro atoms. The zero-order valence-corrected chi connectivity index (χ0v) is 17.5. The molecule has 1 N–H and O–H groups in total. The number of amides is 4. The van der Waals surface area contributed by atoms with Gasteiger partial charge in [0.25, 0.3) is 5.91 Å². The van der Waals surface area contributed by atoms with Gasteiger partial charge in [0.2, 0.25) is 5.91 Å². The van der Waals surface area contributed by atoms with Gasteiger partial charge in [0.05, 0.1) is 0 Å². The topological polar surface area (TPSA) is 69.7 Å². The fraction of sp³-hybridized carbons (Fsp3) is 0.375. The molecule has 4 amide bonds. The van der Waals surface area contributed by atoms with Crippen molar-refractivity contribution in [1.82, 2.24) is 15.1 Å². The molecule has 2 aromatic carbocycles. The summed E-state index contributed by atoms with van der Waals surface area (Å²) >= 11 is 0. The van der Waals surface area contributed by atoms with Crippen molar-refractivity contribution < 1.29 is 18.8 Å². The Balaban J connectivity index is 1.35. The number of hydrogen-bond acceptors (Lipinski definition) is 3. The monoisotopic (exact) mass is 423 g/mol. The standard InChI is InChI=1S/C24H26FN3O3/c1-24(19-7-9-20(25)10-8-19)22(30)28(23(31)26-24)16-21(29)27-13-11-18(12-14-27)15-17-5-3-2-4-6-17/h2-10,18H,11-16H2,1H3,(H,26,31). The maximum atomic E-state index is 13.2. The number of likely N-dealkylation sites (tertiary alicyclic amines) is 1. The van der Waals surface area contributed by atoms with Crippen molar-refractivity contribution in [1.29, 1.82) is 0 Å². The summed E-state index contributed by atoms with van der Waals surface area (Å²) in [5.41, 5.74) is 0.462. The number of piperidine rings is 1. The van der Waals surface area contributed by atoms with Gasteiger partial charge in [-0.05, 0) is 55.4 Å². The van der Waals surface area contributed by atoms with Crippen LogP contribution >= 0.6 is 0 Å². The zero-order chi connectivity index (χ0) is 22.0. The van der Waals surface area contributed by atoms with Gasteiger partial charge < -0.3 is 10.2 Å². The zero-order valence-electron chi connectivity index (χ0n) is 17.5. The van der Waals surface area contributed by atoms with E-state index >= 15 is 0 Å². The summed E-state index contributed by atoms with van der Waals surface area (Å²) in [5.74, 6) is -0.641. The fourth-order valence-electron chi connectivity index (χ4n) is 4.39. The second-order valence-electron chi connectivity index (χ2n) is 8.47. The van der Waals surface area contributed by atoms with Crippen LogP contribution in [-0.2, 0) is 21.5 Å². The maximum Gasteiger partial charge on any atom is 0.325 e. The Morgan fingerprint density at radius 1 is 1.06 bits per heavy atom. The number of nitrogens with zero attached hydrogens (tertiary/aromatic N) is 2. The molecule has 1 unspecified atom stereocenters. The van der Waals surface area contributed by atoms with Gasteiger partial charge in [-0.2, -0.15) is 0 Å². The second kappa shape index (κ2) is 8.49. The molecule has 0 radical (unpaired) electrons. The first-order chi connectivity index (χ1) is 14.9. The van der Waals surface area contributed by atoms with E-state index in [1.807, 2.05) is 18.2 Å². The molecule has 1 atom stereocenters. The summed E-state index contributed by atoms with van der Waals surface area (Å²) in [6.07, 6.45) is 2.79. The van der Waals surface area contributed by atoms with E-state index in [1.54, 1.807) is 11.8 Å². The number of benzene rings is 2. The smallest absolute Gasteiger partial charge is 0.325 e. The van der Waals surface area contributed by atoms with E-state index in [2.05, 4.69) is 17.4 Å². The van der Waals surface area contributed by atoms with E-state index in [1.165, 1.54) is 29.8 Å². The van der Waals surface area contributed by atoms with E-state index in [-0.39, 0.29) is 12.5 Å². The van der Waals surface area contributed by atoms with Crippen molar-refractivity contribution >= 4 is 17.8 Å². The molecule has 7 heteroatoms. The van der Waals surface area contributed by atoms with Crippen molar-refractivity contribution in [2.24, 2.45) is 5.92 Å². The Morgan fingerprint density at radius 3 is 2.35 bits per heavy atom. The molecular weight excluding hydrogens is 397 g/mol. The third-order valence-corrected chi connectivity index (χ3v) is 6.32. The molecule has 0 saturated carbocycles. The van der Waals surface area contributed by atoms with Crippen LogP contribution in [0.15, 0.2) is 54.6 Å². The highest BCUT2D eigenvalue weighted by atomic mass is 19.1. The normalized spacial score (nSPS) is 22.0. The largest absolute Gasteiger partial charge is 0.341 e. The summed E-state index contributed by atoms with van der Waals surface area (Å²) in [7, 11) is 0. The number of urea groups is 1. The van der Waals surface area contributed by atoms with E-state index in [0.29, 0.717) is 24.6 Å². The van der Waals surface area contributed by atoms with Gasteiger partial charge in [-0.15, -0.1) is 0 Å². The van der Waals surface area contributed by atoms with Crippen LogP contribution in [0.2, 0.25) is 0 Å². The highest BCUT2D eigenvalue weighted by Crippen LogP contribution is 2.29. The van der Waals surface area contributed by atoms with Gasteiger partial charge in [-0.3, -0.25) is 14.5 Å². The van der Waals surface area contributed by atoms with Crippen LogP contribution in [0.25, 0.3) is 0 Å². The SMILES string of the molecule is CC1(c2ccc(F)cc2)NC(=O)N(CC(=O)N2CCC(Cc3ccccc3)CC2)C1=O. The van der Waals surface area contributed by atoms with E-state index in [0.717, 1.165) is 24.2 Å². The van der Waals surface area contributed by atoms with Gasteiger partial charge in [0.1, 0.15) is 17.9 Å². The number of carbonyl (C=O) groups excluding carboxylic acids is 3. The molecular formula is C24H26FN3O3. The van der Waals surface area contributed by atoms with Crippen LogP contribution in [0, 0.1) is 11.7 Å². The minimum atomic E-state index is -1.31. The molecule has 2 aromatic rings. The molecule has 31 heavy (non-hydrogen) atoms. The van der Waals surface area contributed by atoms with Crippen LogP contribution < -0.4 is 5.32 Å². The number of halogens is 1. The molecule has 0 aromatic heterocycles. The Bertz CT molecular complexity index is 971. The summed E-state index contributed by atoms with van der Waals surface area (Å²) in [4.78, 5) is 40.9. The molecule has 2 fully saturated rings. The van der Waals surface area contributed by atoms with Crippen LogP contribution in [0.3, 0.4) is 0 Å². The minimum absolute atomic E-state index is 0.231. The Hall–Kier alpha value is -3.22. The van der Waals surface area contributed by atoms with Crippen molar-refractivity contribution in [2.75, 3.05) is 19.6 Å². The molecule has 2 aliphatic heterocycles. The van der Waals surface area contributed by atoms with Crippen LogP contribution in [0.1, 0.15) is 30.9 Å². The maximum absolute atomic E-state index is 13.2. The van der Waals surface area contributed by atoms with E-state index < -0.39 is 23.3 Å². The van der Waals surface area contributed by atoms with Gasteiger partial charge in [-0.25, -0.2) is 9.18 Å². The van der Waals surface area contributed by atoms with Crippen molar-refractivity contribution in [3.63, 3.8) is 0 Å². The predicted octanol–water partition coefficient (Wildman–Crippen LogP) is 3.07. The lowest BCUT2D eigenvalue weighted by Crippen LogP contribution is -2.46. The number of hydrogen-bond donors (Lipinski definition) is 1. The van der Waals surface area contributed by atoms with E-state index in [4.69, 9.17) is 0 Å². The van der Waals surface area contributed by atoms with Crippen LogP contribution in [0.5, 0.6) is 0 Å². The van der Waals surface area contributed by atoms with Gasteiger partial charge >= 0.3 is 6.03 Å². The number of nitrogens with one attached hydrogen (secondary N) is 1. The highest BCUT2D eigenvalue weighted by molar-refractivity contribution is 6.09. The van der Waals surface area contributed by atoms with E-state index in [9.17, 15) is 18.8 Å². The minimum Gasteiger partial charge on any atom is -0.341 e. The molecule has 162 valence electrons. The average Bonchev–Trinajstić information content (AvgIpc) is 2.99. The number of carbonyl (C=O) groups is 3. The second-order valence-corrected chi connectivity index (χ2v) is 8.47. The molecule has 0 bridgehead atoms. The third kappa shape index (κ3) is 4.31. The Labute approximate surface area is 181 Å². The number of rotatable bonds is 5. The highest BCUT2D eigenvalue weighted by Gasteiger charge is 2.49. The molecule has 2 aliphatic rings. The molecule has 4 rings (SSSR count). The summed E-state index contributed by atoms with van der Waals surface area (Å²) in [6.45, 7) is 2.52. The van der Waals surface area contributed by atoms with Gasteiger partial charge in [0, 0.05) is 13.1 Å². The van der Waals surface area contributed by atoms with Crippen LogP contribution in [-0.4, -0.2) is 47.3 Å². The Morgan fingerprint density at radius 2 is 1.71 bits per heavy atom. The lowest BCUT2D eigenvalue weighted by atomic mass is 9.90. The van der Waals surface area contributed by atoms with Gasteiger partial charge in [0.15, 0.2) is 0 Å². The average molecular weight is 423 g/mol.